The minimum absolute atomic E-state index is 0.281. The van der Waals surface area contributed by atoms with E-state index in [-0.39, 0.29) is 11.4 Å². The predicted octanol–water partition coefficient (Wildman–Crippen LogP) is 5.32. The Morgan fingerprint density at radius 2 is 1.59 bits per heavy atom. The van der Waals surface area contributed by atoms with E-state index in [0.29, 0.717) is 11.1 Å². The molecule has 22 heavy (non-hydrogen) atoms. The van der Waals surface area contributed by atoms with Gasteiger partial charge < -0.3 is 0 Å². The van der Waals surface area contributed by atoms with Crippen LogP contribution in [0.5, 0.6) is 0 Å². The van der Waals surface area contributed by atoms with Crippen molar-refractivity contribution in [2.24, 2.45) is 0 Å². The molecular formula is C19H15F3. The van der Waals surface area contributed by atoms with Gasteiger partial charge in [0.15, 0.2) is 0 Å². The second-order valence-electron chi connectivity index (χ2n) is 4.81. The second kappa shape index (κ2) is 7.51. The third-order valence-electron chi connectivity index (χ3n) is 3.01. The fraction of sp³-hybridized carbons (Fsp3) is 0.158. The lowest BCUT2D eigenvalue weighted by molar-refractivity contribution is 0.577. The Morgan fingerprint density at radius 1 is 0.955 bits per heavy atom. The summed E-state index contributed by atoms with van der Waals surface area (Å²) in [5, 5.41) is 0. The highest BCUT2D eigenvalue weighted by molar-refractivity contribution is 5.53. The van der Waals surface area contributed by atoms with Crippen molar-refractivity contribution in [3.63, 3.8) is 0 Å². The van der Waals surface area contributed by atoms with Gasteiger partial charge >= 0.3 is 0 Å². The van der Waals surface area contributed by atoms with Crippen LogP contribution in [0.2, 0.25) is 0 Å². The molecule has 0 aromatic heterocycles. The Balaban J connectivity index is 2.27. The number of halogens is 3. The van der Waals surface area contributed by atoms with Crippen LogP contribution in [0.1, 0.15) is 36.5 Å². The first-order valence-electron chi connectivity index (χ1n) is 7.03. The largest absolute Gasteiger partial charge is 0.207 e. The summed E-state index contributed by atoms with van der Waals surface area (Å²) < 4.78 is 40.7. The second-order valence-corrected chi connectivity index (χ2v) is 4.81. The summed E-state index contributed by atoms with van der Waals surface area (Å²) in [5.41, 5.74) is 0.680. The van der Waals surface area contributed by atoms with Crippen LogP contribution in [0.4, 0.5) is 13.2 Å². The number of hydrogen-bond donors (Lipinski definition) is 0. The summed E-state index contributed by atoms with van der Waals surface area (Å²) in [6, 6.07) is 7.92. The molecule has 112 valence electrons. The lowest BCUT2D eigenvalue weighted by Crippen LogP contribution is -1.92. The third kappa shape index (κ3) is 4.26. The van der Waals surface area contributed by atoms with Crippen LogP contribution in [0.25, 0.3) is 6.08 Å². The molecule has 0 amide bonds. The summed E-state index contributed by atoms with van der Waals surface area (Å²) >= 11 is 0. The van der Waals surface area contributed by atoms with Crippen LogP contribution in [0.3, 0.4) is 0 Å². The maximum Gasteiger partial charge on any atom is 0.142 e. The van der Waals surface area contributed by atoms with E-state index < -0.39 is 11.6 Å². The van der Waals surface area contributed by atoms with Gasteiger partial charge in [0.05, 0.1) is 5.56 Å². The molecule has 0 bridgehead atoms. The van der Waals surface area contributed by atoms with Gasteiger partial charge in [0.2, 0.25) is 0 Å². The minimum atomic E-state index is -0.703. The van der Waals surface area contributed by atoms with Gasteiger partial charge in [0.1, 0.15) is 17.5 Å². The maximum atomic E-state index is 14.0. The van der Waals surface area contributed by atoms with Gasteiger partial charge in [0, 0.05) is 5.56 Å². The van der Waals surface area contributed by atoms with Crippen molar-refractivity contribution in [3.8, 4) is 11.8 Å². The van der Waals surface area contributed by atoms with Crippen molar-refractivity contribution in [2.75, 3.05) is 0 Å². The molecule has 2 aromatic carbocycles. The van der Waals surface area contributed by atoms with Gasteiger partial charge in [-0.15, -0.1) is 0 Å². The lowest BCUT2D eigenvalue weighted by atomic mass is 10.1. The third-order valence-corrected chi connectivity index (χ3v) is 3.01. The highest BCUT2D eigenvalue weighted by Crippen LogP contribution is 2.16. The van der Waals surface area contributed by atoms with Crippen molar-refractivity contribution in [2.45, 2.75) is 19.8 Å². The van der Waals surface area contributed by atoms with Gasteiger partial charge in [-0.1, -0.05) is 37.3 Å². The lowest BCUT2D eigenvalue weighted by Gasteiger charge is -2.00. The molecule has 0 radical (unpaired) electrons. The number of benzene rings is 2. The topological polar surface area (TPSA) is 0 Å². The zero-order valence-electron chi connectivity index (χ0n) is 12.2. The number of allylic oxidation sites excluding steroid dienone is 1. The number of hydrogen-bond acceptors (Lipinski definition) is 0. The molecule has 0 saturated carbocycles. The Morgan fingerprint density at radius 3 is 2.18 bits per heavy atom. The van der Waals surface area contributed by atoms with Crippen LogP contribution in [-0.2, 0) is 0 Å². The standard InChI is InChI=1S/C19H15F3/c1-2-3-4-5-15-12-18(21)17(19(22)13-15)11-8-14-6-9-16(20)10-7-14/h4-7,9-10,12-13H,2-3H2,1H3. The quantitative estimate of drug-likeness (QED) is 0.673. The first-order chi connectivity index (χ1) is 10.6. The highest BCUT2D eigenvalue weighted by Gasteiger charge is 2.07. The van der Waals surface area contributed by atoms with Crippen LogP contribution in [0, 0.1) is 29.3 Å². The molecule has 2 aromatic rings. The SMILES string of the molecule is CCCC=Cc1cc(F)c(C#Cc2ccc(F)cc2)c(F)c1. The first-order valence-corrected chi connectivity index (χ1v) is 7.03. The van der Waals surface area contributed by atoms with Crippen LogP contribution in [0.15, 0.2) is 42.5 Å². The smallest absolute Gasteiger partial charge is 0.142 e. The van der Waals surface area contributed by atoms with Crippen molar-refractivity contribution in [3.05, 3.63) is 76.6 Å². The monoisotopic (exact) mass is 300 g/mol. The van der Waals surface area contributed by atoms with Gasteiger partial charge in [-0.2, -0.15) is 0 Å². The Bertz CT molecular complexity index is 709. The van der Waals surface area contributed by atoms with E-state index in [1.165, 1.54) is 36.4 Å². The van der Waals surface area contributed by atoms with Crippen molar-refractivity contribution >= 4 is 6.08 Å². The Labute approximate surface area is 128 Å². The molecule has 0 fully saturated rings. The van der Waals surface area contributed by atoms with Gasteiger partial charge in [-0.3, -0.25) is 0 Å². The zero-order valence-corrected chi connectivity index (χ0v) is 12.2. The first kappa shape index (κ1) is 15.9. The van der Waals surface area contributed by atoms with Gasteiger partial charge in [-0.05, 0) is 48.4 Å². The molecule has 2 rings (SSSR count). The number of unbranched alkanes of at least 4 members (excludes halogenated alkanes) is 1. The predicted molar refractivity (Wildman–Crippen MR) is 82.7 cm³/mol. The van der Waals surface area contributed by atoms with Gasteiger partial charge in [-0.25, -0.2) is 13.2 Å². The Kier molecular flexibility index (Phi) is 5.43. The molecule has 0 aliphatic carbocycles. The van der Waals surface area contributed by atoms with E-state index in [4.69, 9.17) is 0 Å². The van der Waals surface area contributed by atoms with Crippen LogP contribution in [-0.4, -0.2) is 0 Å². The molecule has 0 spiro atoms. The van der Waals surface area contributed by atoms with E-state index >= 15 is 0 Å². The Hall–Kier alpha value is -2.47. The van der Waals surface area contributed by atoms with Crippen LogP contribution >= 0.6 is 0 Å². The zero-order chi connectivity index (χ0) is 15.9. The van der Waals surface area contributed by atoms with E-state index in [1.54, 1.807) is 6.08 Å². The summed E-state index contributed by atoms with van der Waals surface area (Å²) in [6.45, 7) is 2.03. The summed E-state index contributed by atoms with van der Waals surface area (Å²) in [4.78, 5) is 0. The van der Waals surface area contributed by atoms with Crippen LogP contribution < -0.4 is 0 Å². The van der Waals surface area contributed by atoms with E-state index in [0.717, 1.165) is 12.8 Å². The highest BCUT2D eigenvalue weighted by atomic mass is 19.1. The van der Waals surface area contributed by atoms with E-state index in [1.807, 2.05) is 13.0 Å². The average Bonchev–Trinajstić information content (AvgIpc) is 2.48. The molecule has 0 aliphatic heterocycles. The summed E-state index contributed by atoms with van der Waals surface area (Å²) in [7, 11) is 0. The summed E-state index contributed by atoms with van der Waals surface area (Å²) in [5.74, 6) is 3.30. The molecule has 3 heteroatoms. The van der Waals surface area contributed by atoms with E-state index in [9.17, 15) is 13.2 Å². The molecule has 0 atom stereocenters. The molecule has 0 N–H and O–H groups in total. The van der Waals surface area contributed by atoms with Gasteiger partial charge in [0.25, 0.3) is 0 Å². The molecule has 0 heterocycles. The summed E-state index contributed by atoms with van der Waals surface area (Å²) in [6.07, 6.45) is 5.39. The molecule has 0 unspecified atom stereocenters. The van der Waals surface area contributed by atoms with Crippen molar-refractivity contribution < 1.29 is 13.2 Å². The molecular weight excluding hydrogens is 285 g/mol. The average molecular weight is 300 g/mol. The normalized spacial score (nSPS) is 10.5. The number of rotatable bonds is 3. The van der Waals surface area contributed by atoms with E-state index in [2.05, 4.69) is 11.8 Å². The molecule has 0 saturated heterocycles. The van der Waals surface area contributed by atoms with Crippen molar-refractivity contribution in [1.29, 1.82) is 0 Å². The van der Waals surface area contributed by atoms with Crippen molar-refractivity contribution in [1.82, 2.24) is 0 Å². The maximum absolute atomic E-state index is 14.0. The molecule has 0 nitrogen and oxygen atoms in total. The fourth-order valence-electron chi connectivity index (χ4n) is 1.86. The fourth-order valence-corrected chi connectivity index (χ4v) is 1.86. The molecule has 0 aliphatic rings. The minimum Gasteiger partial charge on any atom is -0.207 e.